The van der Waals surface area contributed by atoms with Crippen molar-refractivity contribution in [3.8, 4) is 5.75 Å². The molecule has 1 fully saturated rings. The molecule has 1 unspecified atom stereocenters. The first-order valence-corrected chi connectivity index (χ1v) is 10.2. The maximum atomic E-state index is 13.2. The van der Waals surface area contributed by atoms with Crippen LogP contribution in [0.2, 0.25) is 0 Å². The molecular formula is C23H26N2O4. The quantitative estimate of drug-likeness (QED) is 0.772. The van der Waals surface area contributed by atoms with Gasteiger partial charge in [0, 0.05) is 23.8 Å². The Morgan fingerprint density at radius 2 is 1.93 bits per heavy atom. The van der Waals surface area contributed by atoms with E-state index in [1.165, 1.54) is 5.56 Å². The molecule has 0 radical (unpaired) electrons. The fourth-order valence-corrected chi connectivity index (χ4v) is 3.94. The van der Waals surface area contributed by atoms with Crippen LogP contribution in [0.4, 0.5) is 10.5 Å². The monoisotopic (exact) mass is 394 g/mol. The lowest BCUT2D eigenvalue weighted by atomic mass is 9.96. The van der Waals surface area contributed by atoms with Crippen LogP contribution in [0.3, 0.4) is 0 Å². The van der Waals surface area contributed by atoms with Gasteiger partial charge in [0.1, 0.15) is 12.4 Å². The van der Waals surface area contributed by atoms with Crippen LogP contribution >= 0.6 is 0 Å². The topological polar surface area (TPSA) is 59.1 Å². The van der Waals surface area contributed by atoms with Gasteiger partial charge in [0.15, 0.2) is 6.10 Å². The molecule has 4 rings (SSSR count). The van der Waals surface area contributed by atoms with E-state index in [4.69, 9.17) is 9.47 Å². The zero-order valence-electron chi connectivity index (χ0n) is 16.8. The van der Waals surface area contributed by atoms with Gasteiger partial charge in [-0.05, 0) is 62.6 Å². The molecule has 2 aliphatic heterocycles. The third kappa shape index (κ3) is 3.92. The van der Waals surface area contributed by atoms with E-state index in [0.29, 0.717) is 31.0 Å². The molecule has 1 saturated heterocycles. The first-order chi connectivity index (χ1) is 14.1. The van der Waals surface area contributed by atoms with Crippen LogP contribution in [-0.2, 0) is 11.2 Å². The summed E-state index contributed by atoms with van der Waals surface area (Å²) in [7, 11) is 0. The number of hydrogen-bond donors (Lipinski definition) is 0. The van der Waals surface area contributed by atoms with Crippen LogP contribution in [0.15, 0.2) is 48.5 Å². The lowest BCUT2D eigenvalue weighted by molar-refractivity contribution is 0.0972. The molecule has 2 aromatic rings. The van der Waals surface area contributed by atoms with Gasteiger partial charge >= 0.3 is 6.09 Å². The van der Waals surface area contributed by atoms with Gasteiger partial charge in [0.2, 0.25) is 0 Å². The molecule has 6 heteroatoms. The maximum absolute atomic E-state index is 13.2. The van der Waals surface area contributed by atoms with E-state index in [1.54, 1.807) is 29.2 Å². The summed E-state index contributed by atoms with van der Waals surface area (Å²) in [5.74, 6) is 0.652. The summed E-state index contributed by atoms with van der Waals surface area (Å²) in [4.78, 5) is 28.3. The number of carbonyl (C=O) groups is 2. The number of cyclic esters (lactones) is 1. The van der Waals surface area contributed by atoms with Crippen molar-refractivity contribution in [3.63, 3.8) is 0 Å². The van der Waals surface area contributed by atoms with Crippen LogP contribution in [0, 0.1) is 0 Å². The maximum Gasteiger partial charge on any atom is 0.410 e. The van der Waals surface area contributed by atoms with Gasteiger partial charge in [-0.1, -0.05) is 18.2 Å². The summed E-state index contributed by atoms with van der Waals surface area (Å²) in [6.45, 7) is 5.48. The molecule has 29 heavy (non-hydrogen) atoms. The number of ether oxygens (including phenoxy) is 2. The SMILES string of the molecule is CCN1CC(COc2ccc(C(=O)N3c4ccccc4CC[C@@H]3C)cc2)OC1=O. The molecule has 6 nitrogen and oxygen atoms in total. The average Bonchev–Trinajstić information content (AvgIpc) is 3.11. The Labute approximate surface area is 171 Å². The molecule has 0 bridgehead atoms. The number of amides is 2. The van der Waals surface area contributed by atoms with Crippen LogP contribution in [0.1, 0.15) is 36.2 Å². The molecule has 2 atom stereocenters. The van der Waals surface area contributed by atoms with E-state index in [2.05, 4.69) is 13.0 Å². The number of likely N-dealkylation sites (N-methyl/N-ethyl adjacent to an activating group) is 1. The highest BCUT2D eigenvalue weighted by atomic mass is 16.6. The van der Waals surface area contributed by atoms with Crippen molar-refractivity contribution in [1.82, 2.24) is 4.90 Å². The van der Waals surface area contributed by atoms with Gasteiger partial charge in [-0.25, -0.2) is 4.79 Å². The zero-order valence-corrected chi connectivity index (χ0v) is 16.8. The standard InChI is InChI=1S/C23H26N2O4/c1-3-24-14-20(29-23(24)27)15-28-19-12-10-18(11-13-19)22(26)25-16(2)8-9-17-6-4-5-7-21(17)25/h4-7,10-13,16,20H,3,8-9,14-15H2,1-2H3/t16-,20?/m0/s1. The number of anilines is 1. The fraction of sp³-hybridized carbons (Fsp3) is 0.391. The van der Waals surface area contributed by atoms with Crippen molar-refractivity contribution in [2.24, 2.45) is 0 Å². The molecule has 0 saturated carbocycles. The number of benzene rings is 2. The third-order valence-corrected chi connectivity index (χ3v) is 5.61. The Kier molecular flexibility index (Phi) is 5.43. The minimum absolute atomic E-state index is 0.000453. The fourth-order valence-electron chi connectivity index (χ4n) is 3.94. The predicted octanol–water partition coefficient (Wildman–Crippen LogP) is 3.89. The number of aryl methyl sites for hydroxylation is 1. The molecule has 152 valence electrons. The van der Waals surface area contributed by atoms with Crippen LogP contribution in [0.5, 0.6) is 5.75 Å². The second kappa shape index (κ2) is 8.15. The van der Waals surface area contributed by atoms with Crippen LogP contribution in [-0.4, -0.2) is 48.7 Å². The second-order valence-corrected chi connectivity index (χ2v) is 7.57. The highest BCUT2D eigenvalue weighted by Gasteiger charge is 2.31. The molecule has 2 aliphatic rings. The summed E-state index contributed by atoms with van der Waals surface area (Å²) in [6.07, 6.45) is 1.39. The summed E-state index contributed by atoms with van der Waals surface area (Å²) < 4.78 is 11.0. The largest absolute Gasteiger partial charge is 0.490 e. The highest BCUT2D eigenvalue weighted by molar-refractivity contribution is 6.07. The van der Waals surface area contributed by atoms with E-state index in [1.807, 2.05) is 30.0 Å². The van der Waals surface area contributed by atoms with Crippen molar-refractivity contribution in [2.75, 3.05) is 24.6 Å². The van der Waals surface area contributed by atoms with E-state index >= 15 is 0 Å². The van der Waals surface area contributed by atoms with E-state index in [0.717, 1.165) is 18.5 Å². The summed E-state index contributed by atoms with van der Waals surface area (Å²) in [5.41, 5.74) is 2.84. The summed E-state index contributed by atoms with van der Waals surface area (Å²) in [6, 6.07) is 15.4. The smallest absolute Gasteiger partial charge is 0.410 e. The number of fused-ring (bicyclic) bond motifs is 1. The Morgan fingerprint density at radius 3 is 2.66 bits per heavy atom. The minimum atomic E-state index is -0.294. The number of hydrogen-bond acceptors (Lipinski definition) is 4. The third-order valence-electron chi connectivity index (χ3n) is 5.61. The van der Waals surface area contributed by atoms with Crippen LogP contribution < -0.4 is 9.64 Å². The normalized spacial score (nSPS) is 21.0. The molecule has 0 aliphatic carbocycles. The van der Waals surface area contributed by atoms with Crippen molar-refractivity contribution in [1.29, 1.82) is 0 Å². The summed E-state index contributed by atoms with van der Waals surface area (Å²) >= 11 is 0. The molecular weight excluding hydrogens is 368 g/mol. The average molecular weight is 394 g/mol. The van der Waals surface area contributed by atoms with Crippen molar-refractivity contribution in [2.45, 2.75) is 38.8 Å². The molecule has 0 aromatic heterocycles. The van der Waals surface area contributed by atoms with E-state index in [-0.39, 0.29) is 24.1 Å². The van der Waals surface area contributed by atoms with Gasteiger partial charge in [0.05, 0.1) is 6.54 Å². The van der Waals surface area contributed by atoms with E-state index < -0.39 is 0 Å². The summed E-state index contributed by atoms with van der Waals surface area (Å²) in [5, 5.41) is 0. The number of carbonyl (C=O) groups excluding carboxylic acids is 2. The van der Waals surface area contributed by atoms with Crippen molar-refractivity contribution >= 4 is 17.7 Å². The lowest BCUT2D eigenvalue weighted by Crippen LogP contribution is -2.42. The number of para-hydroxylation sites is 1. The van der Waals surface area contributed by atoms with E-state index in [9.17, 15) is 9.59 Å². The van der Waals surface area contributed by atoms with Gasteiger partial charge in [-0.3, -0.25) is 4.79 Å². The molecule has 2 aromatic carbocycles. The zero-order chi connectivity index (χ0) is 20.4. The van der Waals surface area contributed by atoms with Crippen molar-refractivity contribution in [3.05, 3.63) is 59.7 Å². The van der Waals surface area contributed by atoms with Gasteiger partial charge in [0.25, 0.3) is 5.91 Å². The van der Waals surface area contributed by atoms with Crippen molar-refractivity contribution < 1.29 is 19.1 Å². The number of nitrogens with zero attached hydrogens (tertiary/aromatic N) is 2. The van der Waals surface area contributed by atoms with Gasteiger partial charge < -0.3 is 19.3 Å². The number of rotatable bonds is 5. The first kappa shape index (κ1) is 19.3. The van der Waals surface area contributed by atoms with Gasteiger partial charge in [-0.2, -0.15) is 0 Å². The first-order valence-electron chi connectivity index (χ1n) is 10.2. The van der Waals surface area contributed by atoms with Crippen LogP contribution in [0.25, 0.3) is 0 Å². The predicted molar refractivity (Wildman–Crippen MR) is 110 cm³/mol. The Balaban J connectivity index is 1.42. The Hall–Kier alpha value is -3.02. The molecule has 2 amide bonds. The lowest BCUT2D eigenvalue weighted by Gasteiger charge is -2.35. The highest BCUT2D eigenvalue weighted by Crippen LogP contribution is 2.32. The Bertz CT molecular complexity index is 896. The molecule has 0 spiro atoms. The minimum Gasteiger partial charge on any atom is -0.490 e. The Morgan fingerprint density at radius 1 is 1.17 bits per heavy atom. The second-order valence-electron chi connectivity index (χ2n) is 7.57. The van der Waals surface area contributed by atoms with Gasteiger partial charge in [-0.15, -0.1) is 0 Å². The molecule has 0 N–H and O–H groups in total. The molecule has 2 heterocycles.